The van der Waals surface area contributed by atoms with Crippen molar-refractivity contribution in [2.75, 3.05) is 23.9 Å². The van der Waals surface area contributed by atoms with Crippen LogP contribution >= 0.6 is 0 Å². The Morgan fingerprint density at radius 1 is 0.964 bits per heavy atom. The molecule has 2 aromatic carbocycles. The SMILES string of the molecule is Cc1cc(NNS(=O)(=O)c2ccccc2)cc(OCCNc2ccncc2)c1. The molecule has 146 valence electrons. The molecule has 0 atom stereocenters. The van der Waals surface area contributed by atoms with E-state index in [9.17, 15) is 8.42 Å². The summed E-state index contributed by atoms with van der Waals surface area (Å²) in [7, 11) is -3.65. The predicted molar refractivity (Wildman–Crippen MR) is 110 cm³/mol. The maximum Gasteiger partial charge on any atom is 0.257 e. The summed E-state index contributed by atoms with van der Waals surface area (Å²) in [5.41, 5.74) is 5.25. The Labute approximate surface area is 164 Å². The van der Waals surface area contributed by atoms with Crippen LogP contribution in [-0.2, 0) is 10.0 Å². The number of hydrogen-bond donors (Lipinski definition) is 3. The van der Waals surface area contributed by atoms with E-state index in [1.165, 1.54) is 12.1 Å². The van der Waals surface area contributed by atoms with Crippen molar-refractivity contribution >= 4 is 21.4 Å². The predicted octanol–water partition coefficient (Wildman–Crippen LogP) is 3.19. The van der Waals surface area contributed by atoms with Crippen LogP contribution in [0, 0.1) is 6.92 Å². The number of aromatic nitrogens is 1. The summed E-state index contributed by atoms with van der Waals surface area (Å²) < 4.78 is 30.4. The van der Waals surface area contributed by atoms with E-state index >= 15 is 0 Å². The van der Waals surface area contributed by atoms with Gasteiger partial charge in [0.25, 0.3) is 10.0 Å². The smallest absolute Gasteiger partial charge is 0.257 e. The molecule has 1 aromatic heterocycles. The second-order valence-corrected chi connectivity index (χ2v) is 7.77. The maximum absolute atomic E-state index is 12.3. The molecule has 3 N–H and O–H groups in total. The highest BCUT2D eigenvalue weighted by atomic mass is 32.2. The van der Waals surface area contributed by atoms with Crippen LogP contribution in [0.2, 0.25) is 0 Å². The molecule has 0 aliphatic heterocycles. The number of hydrazine groups is 1. The summed E-state index contributed by atoms with van der Waals surface area (Å²) >= 11 is 0. The van der Waals surface area contributed by atoms with Crippen LogP contribution in [0.1, 0.15) is 5.56 Å². The minimum Gasteiger partial charge on any atom is -0.492 e. The van der Waals surface area contributed by atoms with Crippen LogP contribution < -0.4 is 20.3 Å². The molecule has 0 spiro atoms. The number of nitrogens with zero attached hydrogens (tertiary/aromatic N) is 1. The first-order chi connectivity index (χ1) is 13.5. The van der Waals surface area contributed by atoms with Crippen LogP contribution in [0.25, 0.3) is 0 Å². The standard InChI is InChI=1S/C20H22N4O3S/c1-16-13-18(23-24-28(25,26)20-5-3-2-4-6-20)15-19(14-16)27-12-11-22-17-7-9-21-10-8-17/h2-10,13-15,23-24H,11-12H2,1H3,(H,21,22). The summed E-state index contributed by atoms with van der Waals surface area (Å²) in [6, 6.07) is 17.4. The summed E-state index contributed by atoms with van der Waals surface area (Å²) in [4.78, 5) is 6.54. The topological polar surface area (TPSA) is 92.3 Å². The van der Waals surface area contributed by atoms with Gasteiger partial charge in [-0.3, -0.25) is 4.98 Å². The molecule has 8 heteroatoms. The number of rotatable bonds is 9. The van der Waals surface area contributed by atoms with Gasteiger partial charge in [-0.2, -0.15) is 0 Å². The van der Waals surface area contributed by atoms with Gasteiger partial charge in [-0.05, 0) is 48.9 Å². The molecule has 0 saturated heterocycles. The highest BCUT2D eigenvalue weighted by Gasteiger charge is 2.12. The van der Waals surface area contributed by atoms with Crippen molar-refractivity contribution in [2.45, 2.75) is 11.8 Å². The Balaban J connectivity index is 1.55. The average Bonchev–Trinajstić information content (AvgIpc) is 2.71. The molecule has 28 heavy (non-hydrogen) atoms. The number of anilines is 2. The van der Waals surface area contributed by atoms with Crippen molar-refractivity contribution in [3.05, 3.63) is 78.6 Å². The molecule has 0 fully saturated rings. The van der Waals surface area contributed by atoms with Crippen LogP contribution in [0.15, 0.2) is 78.0 Å². The van der Waals surface area contributed by atoms with Gasteiger partial charge in [-0.1, -0.05) is 18.2 Å². The third-order valence-electron chi connectivity index (χ3n) is 3.81. The van der Waals surface area contributed by atoms with Crippen molar-refractivity contribution in [2.24, 2.45) is 0 Å². The second kappa shape index (κ2) is 9.20. The Bertz CT molecular complexity index is 996. The molecule has 0 unspecified atom stereocenters. The number of nitrogens with one attached hydrogen (secondary N) is 3. The van der Waals surface area contributed by atoms with Gasteiger partial charge in [0.15, 0.2) is 0 Å². The van der Waals surface area contributed by atoms with E-state index in [4.69, 9.17) is 4.74 Å². The zero-order valence-electron chi connectivity index (χ0n) is 15.4. The van der Waals surface area contributed by atoms with Crippen LogP contribution in [-0.4, -0.2) is 26.6 Å². The zero-order chi connectivity index (χ0) is 19.8. The van der Waals surface area contributed by atoms with E-state index < -0.39 is 10.0 Å². The Morgan fingerprint density at radius 2 is 1.71 bits per heavy atom. The minimum atomic E-state index is -3.65. The Morgan fingerprint density at radius 3 is 2.46 bits per heavy atom. The van der Waals surface area contributed by atoms with Crippen molar-refractivity contribution < 1.29 is 13.2 Å². The summed E-state index contributed by atoms with van der Waals surface area (Å²) in [6.07, 6.45) is 3.44. The first-order valence-corrected chi connectivity index (χ1v) is 10.2. The molecule has 0 bridgehead atoms. The molecule has 0 aliphatic carbocycles. The lowest BCUT2D eigenvalue weighted by molar-refractivity contribution is 0.333. The third-order valence-corrected chi connectivity index (χ3v) is 5.08. The monoisotopic (exact) mass is 398 g/mol. The highest BCUT2D eigenvalue weighted by molar-refractivity contribution is 7.89. The molecule has 0 radical (unpaired) electrons. The van der Waals surface area contributed by atoms with E-state index in [1.54, 1.807) is 36.7 Å². The van der Waals surface area contributed by atoms with E-state index in [2.05, 4.69) is 20.6 Å². The first kappa shape index (κ1) is 19.7. The minimum absolute atomic E-state index is 0.189. The van der Waals surface area contributed by atoms with Gasteiger partial charge < -0.3 is 15.5 Å². The van der Waals surface area contributed by atoms with E-state index in [-0.39, 0.29) is 4.90 Å². The maximum atomic E-state index is 12.3. The average molecular weight is 398 g/mol. The molecule has 7 nitrogen and oxygen atoms in total. The van der Waals surface area contributed by atoms with Gasteiger partial charge >= 0.3 is 0 Å². The van der Waals surface area contributed by atoms with E-state index in [1.807, 2.05) is 31.2 Å². The van der Waals surface area contributed by atoms with Gasteiger partial charge in [0.2, 0.25) is 0 Å². The molecular formula is C20H22N4O3S. The molecule has 3 rings (SSSR count). The third kappa shape index (κ3) is 5.70. The fourth-order valence-corrected chi connectivity index (χ4v) is 3.41. The van der Waals surface area contributed by atoms with Crippen LogP contribution in [0.4, 0.5) is 11.4 Å². The molecule has 0 aliphatic rings. The van der Waals surface area contributed by atoms with Crippen LogP contribution in [0.5, 0.6) is 5.75 Å². The number of benzene rings is 2. The Hall–Kier alpha value is -3.10. The number of sulfonamides is 1. The van der Waals surface area contributed by atoms with Crippen LogP contribution in [0.3, 0.4) is 0 Å². The fourth-order valence-electron chi connectivity index (χ4n) is 2.52. The number of pyridine rings is 1. The first-order valence-electron chi connectivity index (χ1n) is 8.74. The molecule has 0 saturated carbocycles. The lowest BCUT2D eigenvalue weighted by Gasteiger charge is -2.13. The quantitative estimate of drug-likeness (QED) is 0.379. The largest absolute Gasteiger partial charge is 0.492 e. The molecule has 0 amide bonds. The van der Waals surface area contributed by atoms with Crippen molar-refractivity contribution in [3.63, 3.8) is 0 Å². The van der Waals surface area contributed by atoms with Gasteiger partial charge in [0, 0.05) is 30.7 Å². The number of ether oxygens (including phenoxy) is 1. The number of hydrogen-bond acceptors (Lipinski definition) is 6. The second-order valence-electron chi connectivity index (χ2n) is 6.09. The van der Waals surface area contributed by atoms with E-state index in [0.29, 0.717) is 24.6 Å². The van der Waals surface area contributed by atoms with Crippen molar-refractivity contribution in [3.8, 4) is 5.75 Å². The normalized spacial score (nSPS) is 11.0. The fraction of sp³-hybridized carbons (Fsp3) is 0.150. The lowest BCUT2D eigenvalue weighted by Crippen LogP contribution is -2.29. The summed E-state index contributed by atoms with van der Waals surface area (Å²) in [5.74, 6) is 0.651. The van der Waals surface area contributed by atoms with Crippen molar-refractivity contribution in [1.29, 1.82) is 0 Å². The number of aryl methyl sites for hydroxylation is 1. The molecule has 3 aromatic rings. The zero-order valence-corrected chi connectivity index (χ0v) is 16.2. The van der Waals surface area contributed by atoms with Gasteiger partial charge in [0.05, 0.1) is 10.6 Å². The van der Waals surface area contributed by atoms with Gasteiger partial charge in [0.1, 0.15) is 12.4 Å². The van der Waals surface area contributed by atoms with Crippen molar-refractivity contribution in [1.82, 2.24) is 9.82 Å². The highest BCUT2D eigenvalue weighted by Crippen LogP contribution is 2.20. The van der Waals surface area contributed by atoms with Gasteiger partial charge in [-0.15, -0.1) is 4.83 Å². The summed E-state index contributed by atoms with van der Waals surface area (Å²) in [6.45, 7) is 3.00. The summed E-state index contributed by atoms with van der Waals surface area (Å²) in [5, 5.41) is 3.24. The van der Waals surface area contributed by atoms with Gasteiger partial charge in [-0.25, -0.2) is 8.42 Å². The lowest BCUT2D eigenvalue weighted by atomic mass is 10.2. The Kier molecular flexibility index (Phi) is 6.46. The van der Waals surface area contributed by atoms with E-state index in [0.717, 1.165) is 11.3 Å². The molecular weight excluding hydrogens is 376 g/mol. The molecule has 1 heterocycles.